The van der Waals surface area contributed by atoms with Crippen molar-refractivity contribution in [2.75, 3.05) is 7.11 Å². The summed E-state index contributed by atoms with van der Waals surface area (Å²) in [6.45, 7) is 6.65. The summed E-state index contributed by atoms with van der Waals surface area (Å²) in [5, 5.41) is 0. The Morgan fingerprint density at radius 2 is 1.79 bits per heavy atom. The summed E-state index contributed by atoms with van der Waals surface area (Å²) in [7, 11) is 1.82. The zero-order valence-electron chi connectivity index (χ0n) is 15.0. The minimum absolute atomic E-state index is 0.0352. The van der Waals surface area contributed by atoms with E-state index < -0.39 is 5.41 Å². The summed E-state index contributed by atoms with van der Waals surface area (Å²) in [5.74, 6) is 1.65. The van der Waals surface area contributed by atoms with Gasteiger partial charge in [0.25, 0.3) is 0 Å². The van der Waals surface area contributed by atoms with Crippen molar-refractivity contribution < 1.29 is 14.3 Å². The first kappa shape index (κ1) is 16.0. The number of carbonyl (C=O) groups excluding carboxylic acids is 2. The lowest BCUT2D eigenvalue weighted by Gasteiger charge is -2.64. The van der Waals surface area contributed by atoms with Gasteiger partial charge in [0.15, 0.2) is 11.6 Å². The third kappa shape index (κ3) is 1.31. The van der Waals surface area contributed by atoms with E-state index in [1.165, 1.54) is 0 Å². The van der Waals surface area contributed by atoms with Gasteiger partial charge in [0.2, 0.25) is 0 Å². The van der Waals surface area contributed by atoms with Crippen molar-refractivity contribution >= 4 is 27.5 Å². The van der Waals surface area contributed by atoms with E-state index in [1.54, 1.807) is 0 Å². The van der Waals surface area contributed by atoms with Crippen molar-refractivity contribution in [2.24, 2.45) is 39.9 Å². The van der Waals surface area contributed by atoms with E-state index in [2.05, 4.69) is 36.7 Å². The zero-order valence-corrected chi connectivity index (χ0v) is 16.6. The zero-order chi connectivity index (χ0) is 17.3. The molecule has 6 aliphatic rings. The highest BCUT2D eigenvalue weighted by molar-refractivity contribution is 9.09. The Labute approximate surface area is 152 Å². The molecule has 132 valence electrons. The van der Waals surface area contributed by atoms with Gasteiger partial charge in [-0.15, -0.1) is 0 Å². The van der Waals surface area contributed by atoms with Crippen LogP contribution in [-0.2, 0) is 14.3 Å². The second kappa shape index (κ2) is 4.19. The standard InChI is InChI=1S/C20H27BrO3/c1-17-7-6-13(21)19(3,24-4)11(17)5-8-20-12(17)9-10-14(15(20)22)18(10,2)16(20)23/h10-14H,5-9H2,1-4H3/t10-,11-,12-,13-,14?,17+,18-,19-,20-/m0/s1. The molecule has 0 aromatic rings. The fourth-order valence-corrected chi connectivity index (χ4v) is 8.83. The molecule has 0 aromatic heterocycles. The third-order valence-electron chi connectivity index (χ3n) is 9.52. The summed E-state index contributed by atoms with van der Waals surface area (Å²) in [5.41, 5.74) is -1.12. The van der Waals surface area contributed by atoms with Crippen LogP contribution in [0.15, 0.2) is 0 Å². The monoisotopic (exact) mass is 394 g/mol. The van der Waals surface area contributed by atoms with Gasteiger partial charge in [-0.05, 0) is 62.2 Å². The van der Waals surface area contributed by atoms with Crippen LogP contribution in [0, 0.1) is 39.9 Å². The van der Waals surface area contributed by atoms with Gasteiger partial charge in [0.05, 0.1) is 11.0 Å². The summed E-state index contributed by atoms with van der Waals surface area (Å²) in [6, 6.07) is 0. The highest BCUT2D eigenvalue weighted by Gasteiger charge is 2.87. The number of methoxy groups -OCH3 is 1. The second-order valence-corrected chi connectivity index (χ2v) is 10.9. The van der Waals surface area contributed by atoms with Crippen molar-refractivity contribution in [1.29, 1.82) is 0 Å². The second-order valence-electron chi connectivity index (χ2n) is 9.81. The average molecular weight is 395 g/mol. The molecule has 6 saturated carbocycles. The van der Waals surface area contributed by atoms with E-state index >= 15 is 0 Å². The molecule has 4 bridgehead atoms. The molecule has 6 fully saturated rings. The number of Topliss-reactive ketones (excluding diaryl/α,β-unsaturated/α-hetero) is 2. The molecular formula is C20H27BrO3. The van der Waals surface area contributed by atoms with Crippen LogP contribution >= 0.6 is 15.9 Å². The van der Waals surface area contributed by atoms with E-state index in [1.807, 2.05) is 7.11 Å². The van der Waals surface area contributed by atoms with Crippen LogP contribution in [0.5, 0.6) is 0 Å². The molecule has 1 spiro atoms. The van der Waals surface area contributed by atoms with E-state index in [4.69, 9.17) is 4.74 Å². The largest absolute Gasteiger partial charge is 0.377 e. The molecule has 0 heterocycles. The average Bonchev–Trinajstić information content (AvgIpc) is 3.14. The molecule has 9 atom stereocenters. The van der Waals surface area contributed by atoms with Gasteiger partial charge in [-0.3, -0.25) is 9.59 Å². The smallest absolute Gasteiger partial charge is 0.153 e. The van der Waals surface area contributed by atoms with E-state index in [0.717, 1.165) is 32.1 Å². The normalized spacial score (nSPS) is 63.8. The molecule has 0 amide bonds. The van der Waals surface area contributed by atoms with Crippen molar-refractivity contribution in [3.8, 4) is 0 Å². The number of rotatable bonds is 1. The fourth-order valence-electron chi connectivity index (χ4n) is 8.09. The molecule has 0 saturated heterocycles. The topological polar surface area (TPSA) is 43.4 Å². The number of alkyl halides is 1. The van der Waals surface area contributed by atoms with Gasteiger partial charge < -0.3 is 4.74 Å². The maximum absolute atomic E-state index is 13.3. The van der Waals surface area contributed by atoms with Crippen LogP contribution in [0.1, 0.15) is 52.9 Å². The van der Waals surface area contributed by atoms with Crippen molar-refractivity contribution in [1.82, 2.24) is 0 Å². The molecule has 0 radical (unpaired) electrons. The summed E-state index contributed by atoms with van der Waals surface area (Å²) < 4.78 is 6.05. The van der Waals surface area contributed by atoms with Gasteiger partial charge in [-0.25, -0.2) is 0 Å². The van der Waals surface area contributed by atoms with Gasteiger partial charge in [-0.2, -0.15) is 0 Å². The molecule has 0 aromatic carbocycles. The summed E-state index contributed by atoms with van der Waals surface area (Å²) >= 11 is 3.86. The predicted octanol–water partition coefficient (Wildman–Crippen LogP) is 3.78. The molecule has 6 rings (SSSR count). The number of hydrogen-bond donors (Lipinski definition) is 0. The van der Waals surface area contributed by atoms with Crippen LogP contribution in [0.4, 0.5) is 0 Å². The molecular weight excluding hydrogens is 368 g/mol. The fraction of sp³-hybridized carbons (Fsp3) is 0.900. The van der Waals surface area contributed by atoms with Gasteiger partial charge >= 0.3 is 0 Å². The number of fused-ring (bicyclic) bond motifs is 1. The van der Waals surface area contributed by atoms with Crippen LogP contribution in [0.2, 0.25) is 0 Å². The molecule has 4 heteroatoms. The van der Waals surface area contributed by atoms with Gasteiger partial charge in [-0.1, -0.05) is 29.8 Å². The van der Waals surface area contributed by atoms with E-state index in [-0.39, 0.29) is 28.3 Å². The maximum atomic E-state index is 13.3. The Hall–Kier alpha value is -0.220. The van der Waals surface area contributed by atoms with Crippen LogP contribution in [0.25, 0.3) is 0 Å². The Kier molecular flexibility index (Phi) is 2.79. The Balaban J connectivity index is 1.63. The lowest BCUT2D eigenvalue weighted by atomic mass is 9.40. The van der Waals surface area contributed by atoms with E-state index in [0.29, 0.717) is 28.2 Å². The van der Waals surface area contributed by atoms with Gasteiger partial charge in [0, 0.05) is 23.3 Å². The number of carbonyl (C=O) groups is 2. The Morgan fingerprint density at radius 3 is 2.38 bits per heavy atom. The quantitative estimate of drug-likeness (QED) is 0.502. The molecule has 6 aliphatic carbocycles. The van der Waals surface area contributed by atoms with Gasteiger partial charge in [0.1, 0.15) is 0 Å². The number of hydrogen-bond acceptors (Lipinski definition) is 3. The van der Waals surface area contributed by atoms with Crippen LogP contribution < -0.4 is 0 Å². The van der Waals surface area contributed by atoms with Crippen LogP contribution in [-0.4, -0.2) is 29.1 Å². The Morgan fingerprint density at radius 1 is 1.08 bits per heavy atom. The van der Waals surface area contributed by atoms with Crippen molar-refractivity contribution in [2.45, 2.75) is 63.3 Å². The highest BCUT2D eigenvalue weighted by atomic mass is 79.9. The van der Waals surface area contributed by atoms with E-state index in [9.17, 15) is 9.59 Å². The first-order chi connectivity index (χ1) is 11.2. The predicted molar refractivity (Wildman–Crippen MR) is 93.8 cm³/mol. The van der Waals surface area contributed by atoms with Crippen molar-refractivity contribution in [3.05, 3.63) is 0 Å². The summed E-state index contributed by atoms with van der Waals surface area (Å²) in [4.78, 5) is 26.9. The maximum Gasteiger partial charge on any atom is 0.153 e. The SMILES string of the molecule is CO[C@]1(C)[C@@H](Br)CC[C@@]2(C)[C@@H]3C[C@H]4C5C(=O)[C@@]3(CC[C@@H]21)C(=O)[C@]54C. The number of ether oxygens (including phenoxy) is 1. The van der Waals surface area contributed by atoms with Crippen LogP contribution in [0.3, 0.4) is 0 Å². The first-order valence-corrected chi connectivity index (χ1v) is 10.4. The molecule has 24 heavy (non-hydrogen) atoms. The summed E-state index contributed by atoms with van der Waals surface area (Å²) in [6.07, 6.45) is 4.92. The molecule has 3 nitrogen and oxygen atoms in total. The number of ketones is 2. The first-order valence-electron chi connectivity index (χ1n) is 9.47. The minimum Gasteiger partial charge on any atom is -0.377 e. The Bertz CT molecular complexity index is 676. The molecule has 1 unspecified atom stereocenters. The lowest BCUT2D eigenvalue weighted by molar-refractivity contribution is -0.198. The van der Waals surface area contributed by atoms with Crippen molar-refractivity contribution in [3.63, 3.8) is 0 Å². The lowest BCUT2D eigenvalue weighted by Crippen LogP contribution is -2.66. The highest BCUT2D eigenvalue weighted by Crippen LogP contribution is 2.82. The minimum atomic E-state index is -0.646. The molecule has 0 N–H and O–H groups in total. The third-order valence-corrected chi connectivity index (χ3v) is 10.9. The molecule has 0 aliphatic heterocycles. The number of halogens is 1.